The number of alkyl halides is 2. The maximum atomic E-state index is 15.4. The Labute approximate surface area is 272 Å². The fourth-order valence-corrected chi connectivity index (χ4v) is 4.56. The molecule has 2 atom stereocenters. The van der Waals surface area contributed by atoms with Gasteiger partial charge < -0.3 is 20.7 Å². The molecule has 0 fully saturated rings. The largest absolute Gasteiger partial charge is 0.445 e. The van der Waals surface area contributed by atoms with Crippen LogP contribution >= 0.6 is 0 Å². The van der Waals surface area contributed by atoms with E-state index in [1.807, 2.05) is 0 Å². The van der Waals surface area contributed by atoms with Crippen LogP contribution in [0.2, 0.25) is 0 Å². The minimum absolute atomic E-state index is 0.0728. The highest BCUT2D eigenvalue weighted by Gasteiger charge is 2.50. The first-order valence-electron chi connectivity index (χ1n) is 15.2. The molecule has 0 saturated carbocycles. The molecule has 3 aromatic rings. The summed E-state index contributed by atoms with van der Waals surface area (Å²) in [5.74, 6) is -9.78. The molecular formula is C36H39F2N3O6. The van der Waals surface area contributed by atoms with Crippen LogP contribution in [0.25, 0.3) is 0 Å². The van der Waals surface area contributed by atoms with Gasteiger partial charge in [-0.15, -0.1) is 6.58 Å². The molecule has 0 aliphatic carbocycles. The van der Waals surface area contributed by atoms with Crippen LogP contribution in [0.15, 0.2) is 97.6 Å². The first kappa shape index (κ1) is 36.3. The van der Waals surface area contributed by atoms with Gasteiger partial charge in [-0.1, -0.05) is 105 Å². The van der Waals surface area contributed by atoms with Gasteiger partial charge in [0.1, 0.15) is 12.6 Å². The number of nitrogens with one attached hydrogen (secondary N) is 3. The summed E-state index contributed by atoms with van der Waals surface area (Å²) < 4.78 is 36.0. The van der Waals surface area contributed by atoms with Gasteiger partial charge in [0.25, 0.3) is 5.91 Å². The fraction of sp³-hybridized carbons (Fsp3) is 0.306. The number of amides is 3. The number of carbonyl (C=O) groups is 5. The predicted octanol–water partition coefficient (Wildman–Crippen LogP) is 5.33. The molecule has 248 valence electrons. The second-order valence-corrected chi connectivity index (χ2v) is 11.2. The molecule has 11 heteroatoms. The number of ether oxygens (including phenoxy) is 1. The summed E-state index contributed by atoms with van der Waals surface area (Å²) in [5.41, 5.74) is 1.98. The van der Waals surface area contributed by atoms with E-state index in [9.17, 15) is 24.0 Å². The Morgan fingerprint density at radius 1 is 0.830 bits per heavy atom. The monoisotopic (exact) mass is 647 g/mol. The maximum absolute atomic E-state index is 15.4. The number of alkyl carbamates (subject to hydrolysis) is 1. The molecule has 9 nitrogen and oxygen atoms in total. The third kappa shape index (κ3) is 11.0. The van der Waals surface area contributed by atoms with Crippen LogP contribution in [-0.4, -0.2) is 47.5 Å². The van der Waals surface area contributed by atoms with Crippen molar-refractivity contribution in [3.8, 4) is 0 Å². The highest BCUT2D eigenvalue weighted by molar-refractivity contribution is 6.10. The smallest absolute Gasteiger partial charge is 0.408 e. The molecule has 1 unspecified atom stereocenters. The minimum atomic E-state index is -4.51. The van der Waals surface area contributed by atoms with Gasteiger partial charge >= 0.3 is 12.0 Å². The van der Waals surface area contributed by atoms with Gasteiger partial charge in [0.2, 0.25) is 11.7 Å². The SMILES string of the molecule is C=CCCC(=O)c1ccc(CC(NC(=O)[C@@H](NC(=O)OCc2ccccc2)C(C)C)C(=O)C(F)(F)C(=O)NCc2ccccc2)cc1. The van der Waals surface area contributed by atoms with E-state index in [1.54, 1.807) is 80.6 Å². The molecule has 0 aliphatic heterocycles. The number of Topliss-reactive ketones (excluding diaryl/α,β-unsaturated/α-hetero) is 2. The van der Waals surface area contributed by atoms with E-state index in [0.717, 1.165) is 0 Å². The normalized spacial score (nSPS) is 12.4. The highest BCUT2D eigenvalue weighted by Crippen LogP contribution is 2.21. The van der Waals surface area contributed by atoms with E-state index in [4.69, 9.17) is 4.74 Å². The third-order valence-corrected chi connectivity index (χ3v) is 7.25. The van der Waals surface area contributed by atoms with Crippen LogP contribution < -0.4 is 16.0 Å². The molecule has 47 heavy (non-hydrogen) atoms. The topological polar surface area (TPSA) is 131 Å². The number of benzene rings is 3. The third-order valence-electron chi connectivity index (χ3n) is 7.25. The van der Waals surface area contributed by atoms with Gasteiger partial charge in [-0.2, -0.15) is 8.78 Å². The number of allylic oxidation sites excluding steroid dienone is 1. The molecule has 3 N–H and O–H groups in total. The van der Waals surface area contributed by atoms with Gasteiger partial charge in [-0.25, -0.2) is 4.79 Å². The van der Waals surface area contributed by atoms with Crippen molar-refractivity contribution >= 4 is 29.5 Å². The van der Waals surface area contributed by atoms with E-state index in [-0.39, 0.29) is 25.4 Å². The second kappa shape index (κ2) is 17.5. The Morgan fingerprint density at radius 3 is 2.00 bits per heavy atom. The Morgan fingerprint density at radius 2 is 1.43 bits per heavy atom. The zero-order chi connectivity index (χ0) is 34.4. The average molecular weight is 648 g/mol. The molecule has 3 amide bonds. The number of ketones is 2. The summed E-state index contributed by atoms with van der Waals surface area (Å²) in [6.07, 6.45) is 0.991. The molecule has 0 bridgehead atoms. The zero-order valence-electron chi connectivity index (χ0n) is 26.3. The lowest BCUT2D eigenvalue weighted by Gasteiger charge is -2.27. The Kier molecular flexibility index (Phi) is 13.5. The number of rotatable bonds is 17. The predicted molar refractivity (Wildman–Crippen MR) is 172 cm³/mol. The van der Waals surface area contributed by atoms with E-state index >= 15 is 8.78 Å². The van der Waals surface area contributed by atoms with Crippen molar-refractivity contribution in [2.75, 3.05) is 0 Å². The second-order valence-electron chi connectivity index (χ2n) is 11.2. The standard InChI is InChI=1S/C36H39F2N3O6/c1-4-5-16-30(42)28-19-17-25(18-20-28)21-29(32(43)36(37,38)34(45)39-22-26-12-8-6-9-13-26)40-33(44)31(24(2)3)41-35(46)47-23-27-14-10-7-11-15-27/h4,6-15,17-20,24,29,31H,1,5,16,21-23H2,2-3H3,(H,39,45)(H,40,44)(H,41,46)/t29?,31-/m0/s1. The van der Waals surface area contributed by atoms with Gasteiger partial charge in [-0.05, 0) is 29.0 Å². The van der Waals surface area contributed by atoms with Crippen molar-refractivity contribution in [3.05, 3.63) is 120 Å². The first-order chi connectivity index (χ1) is 22.4. The molecule has 0 aromatic heterocycles. The molecule has 0 saturated heterocycles. The first-order valence-corrected chi connectivity index (χ1v) is 15.2. The van der Waals surface area contributed by atoms with E-state index in [0.29, 0.717) is 28.7 Å². The molecule has 3 aromatic carbocycles. The van der Waals surface area contributed by atoms with Crippen molar-refractivity contribution < 1.29 is 37.5 Å². The van der Waals surface area contributed by atoms with Gasteiger partial charge in [0, 0.05) is 24.9 Å². The maximum Gasteiger partial charge on any atom is 0.408 e. The fourth-order valence-electron chi connectivity index (χ4n) is 4.56. The lowest BCUT2D eigenvalue weighted by molar-refractivity contribution is -0.160. The summed E-state index contributed by atoms with van der Waals surface area (Å²) in [6.45, 7) is 6.51. The number of hydrogen-bond acceptors (Lipinski definition) is 6. The van der Waals surface area contributed by atoms with Crippen LogP contribution in [0.4, 0.5) is 13.6 Å². The molecule has 0 aliphatic rings. The minimum Gasteiger partial charge on any atom is -0.445 e. The lowest BCUT2D eigenvalue weighted by Crippen LogP contribution is -2.59. The molecule has 0 heterocycles. The number of hydrogen-bond donors (Lipinski definition) is 3. The average Bonchev–Trinajstić information content (AvgIpc) is 3.07. The summed E-state index contributed by atoms with van der Waals surface area (Å²) in [6, 6.07) is 20.0. The van der Waals surface area contributed by atoms with Crippen LogP contribution in [0.5, 0.6) is 0 Å². The molecule has 0 radical (unpaired) electrons. The summed E-state index contributed by atoms with van der Waals surface area (Å²) >= 11 is 0. The summed E-state index contributed by atoms with van der Waals surface area (Å²) in [5, 5.41) is 6.85. The zero-order valence-corrected chi connectivity index (χ0v) is 26.3. The molecule has 0 spiro atoms. The Balaban J connectivity index is 1.79. The highest BCUT2D eigenvalue weighted by atomic mass is 19.3. The van der Waals surface area contributed by atoms with Crippen LogP contribution in [0.3, 0.4) is 0 Å². The van der Waals surface area contributed by atoms with E-state index < -0.39 is 54.0 Å². The van der Waals surface area contributed by atoms with E-state index in [2.05, 4.69) is 22.5 Å². The van der Waals surface area contributed by atoms with Crippen LogP contribution in [0, 0.1) is 5.92 Å². The van der Waals surface area contributed by atoms with Crippen molar-refractivity contribution in [2.24, 2.45) is 5.92 Å². The van der Waals surface area contributed by atoms with Crippen molar-refractivity contribution in [1.82, 2.24) is 16.0 Å². The van der Waals surface area contributed by atoms with Crippen molar-refractivity contribution in [3.63, 3.8) is 0 Å². The van der Waals surface area contributed by atoms with Gasteiger partial charge in [0.05, 0.1) is 6.04 Å². The van der Waals surface area contributed by atoms with Gasteiger partial charge in [0.15, 0.2) is 5.78 Å². The number of halogens is 2. The molecule has 3 rings (SSSR count). The van der Waals surface area contributed by atoms with Crippen molar-refractivity contribution in [1.29, 1.82) is 0 Å². The Bertz CT molecular complexity index is 1530. The Hall–Kier alpha value is -5.19. The molecular weight excluding hydrogens is 608 g/mol. The summed E-state index contributed by atoms with van der Waals surface area (Å²) in [4.78, 5) is 64.3. The van der Waals surface area contributed by atoms with Crippen LogP contribution in [-0.2, 0) is 38.7 Å². The van der Waals surface area contributed by atoms with Crippen LogP contribution in [0.1, 0.15) is 53.7 Å². The van der Waals surface area contributed by atoms with E-state index in [1.165, 1.54) is 24.3 Å². The quantitative estimate of drug-likeness (QED) is 0.103. The van der Waals surface area contributed by atoms with Gasteiger partial charge in [-0.3, -0.25) is 19.2 Å². The number of carbonyl (C=O) groups excluding carboxylic acids is 5. The summed E-state index contributed by atoms with van der Waals surface area (Å²) in [7, 11) is 0. The van der Waals surface area contributed by atoms with Crippen molar-refractivity contribution in [2.45, 2.75) is 64.3 Å². The lowest BCUT2D eigenvalue weighted by atomic mass is 9.95.